The van der Waals surface area contributed by atoms with Crippen LogP contribution in [0.25, 0.3) is 0 Å². The Hall–Kier alpha value is -1.45. The van der Waals surface area contributed by atoms with Crippen molar-refractivity contribution in [2.75, 3.05) is 5.75 Å². The summed E-state index contributed by atoms with van der Waals surface area (Å²) >= 11 is 0. The third-order valence-electron chi connectivity index (χ3n) is 3.01. The molecule has 0 heterocycles. The van der Waals surface area contributed by atoms with E-state index < -0.39 is 10.8 Å². The van der Waals surface area contributed by atoms with Gasteiger partial charge in [-0.05, 0) is 31.5 Å². The highest BCUT2D eigenvalue weighted by molar-refractivity contribution is 7.85. The number of aryl methyl sites for hydroxylation is 2. The lowest BCUT2D eigenvalue weighted by Crippen LogP contribution is -2.18. The van der Waals surface area contributed by atoms with Crippen LogP contribution in [0.2, 0.25) is 0 Å². The largest absolute Gasteiger partial charge is 0.323 e. The van der Waals surface area contributed by atoms with Gasteiger partial charge in [-0.15, -0.1) is 0 Å². The van der Waals surface area contributed by atoms with E-state index in [9.17, 15) is 4.21 Å². The summed E-state index contributed by atoms with van der Waals surface area (Å²) in [4.78, 5) is 0.835. The van der Waals surface area contributed by atoms with Gasteiger partial charge >= 0.3 is 0 Å². The Morgan fingerprint density at radius 1 is 1.05 bits per heavy atom. The Labute approximate surface area is 117 Å². The van der Waals surface area contributed by atoms with Crippen LogP contribution in [0.3, 0.4) is 0 Å². The molecule has 2 rings (SSSR count). The van der Waals surface area contributed by atoms with Crippen LogP contribution in [0.1, 0.15) is 22.7 Å². The molecule has 19 heavy (non-hydrogen) atoms. The minimum atomic E-state index is -1.05. The second kappa shape index (κ2) is 6.13. The summed E-state index contributed by atoms with van der Waals surface area (Å²) in [6.45, 7) is 4.11. The zero-order valence-corrected chi connectivity index (χ0v) is 12.1. The van der Waals surface area contributed by atoms with Crippen molar-refractivity contribution in [1.29, 1.82) is 0 Å². The van der Waals surface area contributed by atoms with Crippen LogP contribution < -0.4 is 5.73 Å². The SMILES string of the molecule is Cc1cc(C)cc(C(N)CS(=O)c2ccccc2)c1. The summed E-state index contributed by atoms with van der Waals surface area (Å²) in [5.41, 5.74) is 9.62. The molecule has 0 fully saturated rings. The van der Waals surface area contributed by atoms with E-state index in [1.807, 2.05) is 30.3 Å². The molecule has 2 atom stereocenters. The van der Waals surface area contributed by atoms with E-state index in [1.165, 1.54) is 11.1 Å². The Morgan fingerprint density at radius 3 is 2.21 bits per heavy atom. The molecule has 0 aromatic heterocycles. The molecule has 0 amide bonds. The monoisotopic (exact) mass is 273 g/mol. The molecular formula is C16H19NOS. The van der Waals surface area contributed by atoms with Gasteiger partial charge in [0.1, 0.15) is 0 Å². The lowest BCUT2D eigenvalue weighted by Gasteiger charge is -2.13. The van der Waals surface area contributed by atoms with Crippen molar-refractivity contribution in [1.82, 2.24) is 0 Å². The van der Waals surface area contributed by atoms with Crippen molar-refractivity contribution < 1.29 is 4.21 Å². The zero-order valence-electron chi connectivity index (χ0n) is 11.3. The first-order valence-electron chi connectivity index (χ1n) is 6.33. The molecule has 2 aromatic rings. The number of nitrogens with two attached hydrogens (primary N) is 1. The fourth-order valence-corrected chi connectivity index (χ4v) is 3.32. The second-order valence-corrected chi connectivity index (χ2v) is 6.35. The molecule has 2 aromatic carbocycles. The van der Waals surface area contributed by atoms with Gasteiger partial charge in [-0.1, -0.05) is 47.5 Å². The Morgan fingerprint density at radius 2 is 1.63 bits per heavy atom. The fourth-order valence-electron chi connectivity index (χ4n) is 2.15. The van der Waals surface area contributed by atoms with E-state index >= 15 is 0 Å². The first-order chi connectivity index (χ1) is 9.06. The molecule has 100 valence electrons. The highest BCUT2D eigenvalue weighted by Crippen LogP contribution is 2.18. The van der Waals surface area contributed by atoms with Gasteiger partial charge in [0.2, 0.25) is 0 Å². The topological polar surface area (TPSA) is 43.1 Å². The van der Waals surface area contributed by atoms with Crippen LogP contribution in [0.5, 0.6) is 0 Å². The molecule has 0 radical (unpaired) electrons. The van der Waals surface area contributed by atoms with Crippen molar-refractivity contribution in [2.45, 2.75) is 24.8 Å². The summed E-state index contributed by atoms with van der Waals surface area (Å²) in [7, 11) is -1.05. The van der Waals surface area contributed by atoms with Gasteiger partial charge < -0.3 is 5.73 Å². The first-order valence-corrected chi connectivity index (χ1v) is 7.65. The highest BCUT2D eigenvalue weighted by Gasteiger charge is 2.12. The molecule has 0 spiro atoms. The molecule has 0 aliphatic heterocycles. The fraction of sp³-hybridized carbons (Fsp3) is 0.250. The predicted octanol–water partition coefficient (Wildman–Crippen LogP) is 3.11. The van der Waals surface area contributed by atoms with Crippen molar-refractivity contribution in [2.24, 2.45) is 5.73 Å². The normalized spacial score (nSPS) is 14.1. The standard InChI is InChI=1S/C16H19NOS/c1-12-8-13(2)10-14(9-12)16(17)11-19(18)15-6-4-3-5-7-15/h3-10,16H,11,17H2,1-2H3. The minimum Gasteiger partial charge on any atom is -0.323 e. The molecule has 0 saturated heterocycles. The molecule has 0 aliphatic rings. The van der Waals surface area contributed by atoms with Crippen molar-refractivity contribution in [3.8, 4) is 0 Å². The quantitative estimate of drug-likeness (QED) is 0.930. The summed E-state index contributed by atoms with van der Waals surface area (Å²) in [6, 6.07) is 15.5. The predicted molar refractivity (Wildman–Crippen MR) is 80.6 cm³/mol. The van der Waals surface area contributed by atoms with Crippen LogP contribution in [0.15, 0.2) is 53.4 Å². The van der Waals surface area contributed by atoms with Crippen molar-refractivity contribution >= 4 is 10.8 Å². The lowest BCUT2D eigenvalue weighted by atomic mass is 10.0. The van der Waals surface area contributed by atoms with Crippen LogP contribution >= 0.6 is 0 Å². The van der Waals surface area contributed by atoms with Gasteiger partial charge in [0.05, 0.1) is 10.8 Å². The van der Waals surface area contributed by atoms with Gasteiger partial charge in [-0.3, -0.25) is 4.21 Å². The van der Waals surface area contributed by atoms with Crippen LogP contribution in [0.4, 0.5) is 0 Å². The summed E-state index contributed by atoms with van der Waals surface area (Å²) in [6.07, 6.45) is 0. The molecule has 3 heteroatoms. The molecular weight excluding hydrogens is 254 g/mol. The second-order valence-electron chi connectivity index (χ2n) is 4.85. The summed E-state index contributed by atoms with van der Waals surface area (Å²) < 4.78 is 12.2. The number of rotatable bonds is 4. The maximum Gasteiger partial charge on any atom is 0.0548 e. The van der Waals surface area contributed by atoms with Crippen LogP contribution in [-0.4, -0.2) is 9.96 Å². The van der Waals surface area contributed by atoms with E-state index in [0.29, 0.717) is 5.75 Å². The van der Waals surface area contributed by atoms with Crippen molar-refractivity contribution in [3.63, 3.8) is 0 Å². The Balaban J connectivity index is 2.13. The van der Waals surface area contributed by atoms with E-state index in [2.05, 4.69) is 32.0 Å². The van der Waals surface area contributed by atoms with Gasteiger partial charge in [0, 0.05) is 16.7 Å². The number of benzene rings is 2. The van der Waals surface area contributed by atoms with Gasteiger partial charge in [-0.25, -0.2) is 0 Å². The molecule has 2 unspecified atom stereocenters. The van der Waals surface area contributed by atoms with E-state index in [-0.39, 0.29) is 6.04 Å². The minimum absolute atomic E-state index is 0.195. The number of hydrogen-bond acceptors (Lipinski definition) is 2. The third kappa shape index (κ3) is 3.75. The maximum absolute atomic E-state index is 12.2. The third-order valence-corrected chi connectivity index (χ3v) is 4.47. The van der Waals surface area contributed by atoms with E-state index in [0.717, 1.165) is 10.5 Å². The van der Waals surface area contributed by atoms with E-state index in [1.54, 1.807) is 0 Å². The van der Waals surface area contributed by atoms with Gasteiger partial charge in [-0.2, -0.15) is 0 Å². The van der Waals surface area contributed by atoms with Crippen LogP contribution in [0, 0.1) is 13.8 Å². The Kier molecular flexibility index (Phi) is 4.51. The zero-order chi connectivity index (χ0) is 13.8. The van der Waals surface area contributed by atoms with Gasteiger partial charge in [0.15, 0.2) is 0 Å². The lowest BCUT2D eigenvalue weighted by molar-refractivity contribution is 0.675. The molecule has 0 aliphatic carbocycles. The van der Waals surface area contributed by atoms with Gasteiger partial charge in [0.25, 0.3) is 0 Å². The first kappa shape index (κ1) is 14.0. The maximum atomic E-state index is 12.2. The number of hydrogen-bond donors (Lipinski definition) is 1. The summed E-state index contributed by atoms with van der Waals surface area (Å²) in [5, 5.41) is 0. The molecule has 0 bridgehead atoms. The van der Waals surface area contributed by atoms with Crippen molar-refractivity contribution in [3.05, 3.63) is 65.2 Å². The molecule has 0 saturated carbocycles. The molecule has 2 nitrogen and oxygen atoms in total. The van der Waals surface area contributed by atoms with Crippen LogP contribution in [-0.2, 0) is 10.8 Å². The Bertz CT molecular complexity index is 560. The molecule has 2 N–H and O–H groups in total. The average molecular weight is 273 g/mol. The smallest absolute Gasteiger partial charge is 0.0548 e. The average Bonchev–Trinajstić information content (AvgIpc) is 2.38. The van der Waals surface area contributed by atoms with E-state index in [4.69, 9.17) is 5.73 Å². The summed E-state index contributed by atoms with van der Waals surface area (Å²) in [5.74, 6) is 0.451. The highest BCUT2D eigenvalue weighted by atomic mass is 32.2.